The Bertz CT molecular complexity index is 398. The topological polar surface area (TPSA) is 52.7 Å². The molecule has 1 aromatic carbocycles. The van der Waals surface area contributed by atoms with Crippen molar-refractivity contribution in [2.24, 2.45) is 5.73 Å². The smallest absolute Gasteiger partial charge is 0.115 e. The fourth-order valence-electron chi connectivity index (χ4n) is 3.10. The van der Waals surface area contributed by atoms with Crippen molar-refractivity contribution in [3.8, 4) is 5.75 Å². The number of phenolic OH excluding ortho intramolecular Hbond substituents is 1. The molecule has 0 aromatic heterocycles. The molecule has 4 heteroatoms. The maximum Gasteiger partial charge on any atom is 0.115 e. The van der Waals surface area contributed by atoms with Crippen LogP contribution in [0.5, 0.6) is 5.75 Å². The first-order valence-corrected chi connectivity index (χ1v) is 6.72. The Kier molecular flexibility index (Phi) is 3.24. The molecule has 3 heterocycles. The van der Waals surface area contributed by atoms with Crippen LogP contribution in [0.15, 0.2) is 24.3 Å². The molecule has 0 aliphatic carbocycles. The highest BCUT2D eigenvalue weighted by Crippen LogP contribution is 2.20. The van der Waals surface area contributed by atoms with Gasteiger partial charge in [0.15, 0.2) is 0 Å². The molecule has 3 N–H and O–H groups in total. The second-order valence-corrected chi connectivity index (χ2v) is 5.44. The molecule has 0 radical (unpaired) electrons. The van der Waals surface area contributed by atoms with Crippen molar-refractivity contribution >= 4 is 0 Å². The number of rotatable bonds is 3. The van der Waals surface area contributed by atoms with E-state index in [0.29, 0.717) is 11.8 Å². The Balaban J connectivity index is 1.64. The van der Waals surface area contributed by atoms with Gasteiger partial charge in [0.25, 0.3) is 0 Å². The van der Waals surface area contributed by atoms with E-state index < -0.39 is 0 Å². The monoisotopic (exact) mass is 247 g/mol. The summed E-state index contributed by atoms with van der Waals surface area (Å²) in [4.78, 5) is 5.05. The largest absolute Gasteiger partial charge is 0.508 e. The molecule has 4 rings (SSSR count). The Morgan fingerprint density at radius 3 is 2.39 bits per heavy atom. The van der Waals surface area contributed by atoms with Gasteiger partial charge >= 0.3 is 0 Å². The van der Waals surface area contributed by atoms with Gasteiger partial charge in [0.2, 0.25) is 0 Å². The van der Waals surface area contributed by atoms with Gasteiger partial charge in [-0.1, -0.05) is 12.1 Å². The summed E-state index contributed by atoms with van der Waals surface area (Å²) < 4.78 is 0. The van der Waals surface area contributed by atoms with Crippen LogP contribution in [0.1, 0.15) is 5.56 Å². The SMILES string of the molecule is NC(Cc1ccc(O)cc1)C1CN2CCN1CC2. The van der Waals surface area contributed by atoms with Crippen LogP contribution < -0.4 is 5.73 Å². The van der Waals surface area contributed by atoms with E-state index in [2.05, 4.69) is 9.80 Å². The third-order valence-corrected chi connectivity index (χ3v) is 4.22. The summed E-state index contributed by atoms with van der Waals surface area (Å²) in [7, 11) is 0. The van der Waals surface area contributed by atoms with Gasteiger partial charge in [-0.25, -0.2) is 0 Å². The van der Waals surface area contributed by atoms with Gasteiger partial charge in [-0.2, -0.15) is 0 Å². The summed E-state index contributed by atoms with van der Waals surface area (Å²) in [6.45, 7) is 5.83. The van der Waals surface area contributed by atoms with E-state index >= 15 is 0 Å². The number of benzene rings is 1. The summed E-state index contributed by atoms with van der Waals surface area (Å²) in [6, 6.07) is 8.06. The number of aromatic hydroxyl groups is 1. The number of nitrogens with zero attached hydrogens (tertiary/aromatic N) is 2. The zero-order valence-corrected chi connectivity index (χ0v) is 10.6. The number of fused-ring (bicyclic) bond motifs is 3. The molecule has 18 heavy (non-hydrogen) atoms. The maximum atomic E-state index is 9.28. The second kappa shape index (κ2) is 4.88. The van der Waals surface area contributed by atoms with Gasteiger partial charge in [-0.3, -0.25) is 9.80 Å². The predicted molar refractivity (Wildman–Crippen MR) is 71.6 cm³/mol. The Morgan fingerprint density at radius 2 is 1.83 bits per heavy atom. The highest BCUT2D eigenvalue weighted by Gasteiger charge is 2.35. The quantitative estimate of drug-likeness (QED) is 0.804. The molecule has 3 aliphatic rings. The van der Waals surface area contributed by atoms with E-state index in [9.17, 15) is 5.11 Å². The van der Waals surface area contributed by atoms with Crippen LogP contribution in [-0.2, 0) is 6.42 Å². The van der Waals surface area contributed by atoms with E-state index in [-0.39, 0.29) is 6.04 Å². The molecule has 4 nitrogen and oxygen atoms in total. The second-order valence-electron chi connectivity index (χ2n) is 5.44. The van der Waals surface area contributed by atoms with Gasteiger partial charge < -0.3 is 10.8 Å². The molecule has 2 atom stereocenters. The maximum absolute atomic E-state index is 9.28. The molecule has 1 aromatic rings. The van der Waals surface area contributed by atoms with Gasteiger partial charge in [0, 0.05) is 44.8 Å². The third kappa shape index (κ3) is 2.36. The van der Waals surface area contributed by atoms with Crippen LogP contribution in [0, 0.1) is 0 Å². The lowest BCUT2D eigenvalue weighted by Crippen LogP contribution is -2.66. The predicted octanol–water partition coefficient (Wildman–Crippen LogP) is 0.262. The Hall–Kier alpha value is -1.10. The number of piperazine rings is 3. The molecule has 3 fully saturated rings. The summed E-state index contributed by atoms with van der Waals surface area (Å²) in [6.07, 6.45) is 0.884. The molecular formula is C14H21N3O. The van der Waals surface area contributed by atoms with Crippen molar-refractivity contribution in [3.63, 3.8) is 0 Å². The lowest BCUT2D eigenvalue weighted by atomic mass is 9.95. The summed E-state index contributed by atoms with van der Waals surface area (Å²) in [5.74, 6) is 0.318. The highest BCUT2D eigenvalue weighted by atomic mass is 16.3. The van der Waals surface area contributed by atoms with Crippen molar-refractivity contribution in [2.75, 3.05) is 32.7 Å². The van der Waals surface area contributed by atoms with Crippen molar-refractivity contribution in [1.82, 2.24) is 9.80 Å². The first-order chi connectivity index (χ1) is 8.72. The average Bonchev–Trinajstić information content (AvgIpc) is 2.42. The fraction of sp³-hybridized carbons (Fsp3) is 0.571. The van der Waals surface area contributed by atoms with Crippen molar-refractivity contribution in [2.45, 2.75) is 18.5 Å². The lowest BCUT2D eigenvalue weighted by molar-refractivity contribution is 0.00258. The Labute approximate surface area is 108 Å². The van der Waals surface area contributed by atoms with Gasteiger partial charge in [-0.15, -0.1) is 0 Å². The Morgan fingerprint density at radius 1 is 1.17 bits per heavy atom. The van der Waals surface area contributed by atoms with Crippen LogP contribution >= 0.6 is 0 Å². The third-order valence-electron chi connectivity index (χ3n) is 4.22. The van der Waals surface area contributed by atoms with E-state index in [4.69, 9.17) is 5.73 Å². The summed E-state index contributed by atoms with van der Waals surface area (Å²) in [5, 5.41) is 9.28. The minimum Gasteiger partial charge on any atom is -0.508 e. The van der Waals surface area contributed by atoms with E-state index in [1.54, 1.807) is 12.1 Å². The van der Waals surface area contributed by atoms with E-state index in [1.165, 1.54) is 18.7 Å². The molecule has 3 aliphatic heterocycles. The zero-order valence-electron chi connectivity index (χ0n) is 10.6. The fourth-order valence-corrected chi connectivity index (χ4v) is 3.10. The summed E-state index contributed by atoms with van der Waals surface area (Å²) >= 11 is 0. The molecular weight excluding hydrogens is 226 g/mol. The van der Waals surface area contributed by atoms with Crippen molar-refractivity contribution in [3.05, 3.63) is 29.8 Å². The molecule has 2 unspecified atom stereocenters. The molecule has 0 saturated carbocycles. The van der Waals surface area contributed by atoms with Crippen LogP contribution in [0.3, 0.4) is 0 Å². The standard InChI is InChI=1S/C14H21N3O/c15-13(9-11-1-3-12(18)4-2-11)14-10-16-5-7-17(14)8-6-16/h1-4,13-14,18H,5-10,15H2. The lowest BCUT2D eigenvalue weighted by Gasteiger charge is -2.49. The first kappa shape index (κ1) is 12.0. The average molecular weight is 247 g/mol. The van der Waals surface area contributed by atoms with Crippen LogP contribution in [0.2, 0.25) is 0 Å². The normalized spacial score (nSPS) is 32.4. The van der Waals surface area contributed by atoms with E-state index in [1.807, 2.05) is 12.1 Å². The van der Waals surface area contributed by atoms with Gasteiger partial charge in [0.05, 0.1) is 0 Å². The van der Waals surface area contributed by atoms with Gasteiger partial charge in [-0.05, 0) is 24.1 Å². The summed E-state index contributed by atoms with van der Waals surface area (Å²) in [5.41, 5.74) is 7.58. The van der Waals surface area contributed by atoms with Crippen molar-refractivity contribution < 1.29 is 5.11 Å². The highest BCUT2D eigenvalue weighted by molar-refractivity contribution is 5.26. The van der Waals surface area contributed by atoms with Crippen molar-refractivity contribution in [1.29, 1.82) is 0 Å². The number of hydrogen-bond donors (Lipinski definition) is 2. The van der Waals surface area contributed by atoms with E-state index in [0.717, 1.165) is 26.1 Å². The van der Waals surface area contributed by atoms with Gasteiger partial charge in [0.1, 0.15) is 5.75 Å². The minimum absolute atomic E-state index is 0.178. The molecule has 0 amide bonds. The zero-order chi connectivity index (χ0) is 12.5. The van der Waals surface area contributed by atoms with Crippen LogP contribution in [-0.4, -0.2) is 59.7 Å². The molecule has 2 bridgehead atoms. The van der Waals surface area contributed by atoms with Crippen LogP contribution in [0.4, 0.5) is 0 Å². The molecule has 3 saturated heterocycles. The minimum atomic E-state index is 0.178. The van der Waals surface area contributed by atoms with Crippen LogP contribution in [0.25, 0.3) is 0 Å². The molecule has 0 spiro atoms. The number of phenols is 1. The number of hydrogen-bond acceptors (Lipinski definition) is 4. The molecule has 98 valence electrons. The number of nitrogens with two attached hydrogens (primary N) is 1. The first-order valence-electron chi connectivity index (χ1n) is 6.72.